The first-order chi connectivity index (χ1) is 15.5. The number of amides is 2. The van der Waals surface area contributed by atoms with E-state index in [1.54, 1.807) is 0 Å². The minimum absolute atomic E-state index is 0.0651. The second-order valence-electron chi connectivity index (χ2n) is 8.34. The predicted molar refractivity (Wildman–Crippen MR) is 119 cm³/mol. The second-order valence-corrected chi connectivity index (χ2v) is 8.34. The number of carbonyl (C=O) groups is 3. The van der Waals surface area contributed by atoms with E-state index in [2.05, 4.69) is 17.4 Å². The Morgan fingerprint density at radius 3 is 2.25 bits per heavy atom. The Bertz CT molecular complexity index is 975. The number of rotatable bonds is 8. The van der Waals surface area contributed by atoms with Crippen LogP contribution in [0.15, 0.2) is 48.5 Å². The fourth-order valence-electron chi connectivity index (χ4n) is 4.56. The van der Waals surface area contributed by atoms with E-state index in [4.69, 9.17) is 4.74 Å². The van der Waals surface area contributed by atoms with Gasteiger partial charge in [0, 0.05) is 12.5 Å². The van der Waals surface area contributed by atoms with Crippen LogP contribution in [0.25, 0.3) is 11.1 Å². The summed E-state index contributed by atoms with van der Waals surface area (Å²) in [7, 11) is 0. The molecule has 2 unspecified atom stereocenters. The highest BCUT2D eigenvalue weighted by Crippen LogP contribution is 2.44. The van der Waals surface area contributed by atoms with Crippen LogP contribution in [0, 0.1) is 0 Å². The van der Waals surface area contributed by atoms with Crippen LogP contribution in [0.3, 0.4) is 0 Å². The molecule has 1 aliphatic heterocycles. The molecule has 2 aliphatic rings. The van der Waals surface area contributed by atoms with E-state index in [1.807, 2.05) is 43.3 Å². The van der Waals surface area contributed by atoms with Crippen molar-refractivity contribution in [1.82, 2.24) is 10.2 Å². The molecular formula is C25H28N2O5. The van der Waals surface area contributed by atoms with Crippen LogP contribution in [0.1, 0.15) is 49.7 Å². The summed E-state index contributed by atoms with van der Waals surface area (Å²) < 4.78 is 5.57. The molecule has 32 heavy (non-hydrogen) atoms. The lowest BCUT2D eigenvalue weighted by Gasteiger charge is -2.40. The topological polar surface area (TPSA) is 95.9 Å². The van der Waals surface area contributed by atoms with Crippen LogP contribution >= 0.6 is 0 Å². The van der Waals surface area contributed by atoms with Gasteiger partial charge in [-0.25, -0.2) is 9.59 Å². The Kier molecular flexibility index (Phi) is 6.44. The van der Waals surface area contributed by atoms with Crippen LogP contribution in [-0.2, 0) is 14.3 Å². The Morgan fingerprint density at radius 2 is 1.72 bits per heavy atom. The summed E-state index contributed by atoms with van der Waals surface area (Å²) in [6.07, 6.45) is 1.83. The van der Waals surface area contributed by atoms with Crippen molar-refractivity contribution in [3.8, 4) is 11.1 Å². The summed E-state index contributed by atoms with van der Waals surface area (Å²) in [6.45, 7) is 2.55. The number of likely N-dealkylation sites (tertiary alicyclic amines) is 1. The van der Waals surface area contributed by atoms with E-state index in [9.17, 15) is 19.5 Å². The zero-order valence-corrected chi connectivity index (χ0v) is 18.1. The molecule has 1 aliphatic carbocycles. The summed E-state index contributed by atoms with van der Waals surface area (Å²) in [5, 5.41) is 11.9. The van der Waals surface area contributed by atoms with Gasteiger partial charge in [-0.2, -0.15) is 0 Å². The van der Waals surface area contributed by atoms with Gasteiger partial charge in [-0.1, -0.05) is 68.3 Å². The minimum atomic E-state index is -1.01. The number of fused-ring (bicyclic) bond motifs is 3. The highest BCUT2D eigenvalue weighted by atomic mass is 16.5. The predicted octanol–water partition coefficient (Wildman–Crippen LogP) is 3.77. The standard InChI is InChI=1S/C25H28N2O5/c1-2-3-12-21(23(28)27-14-13-22(27)24(29)30)26-25(31)32-15-20-18-10-6-4-8-16(18)17-9-5-7-11-19(17)20/h4-11,20-22H,2-3,12-15H2,1H3,(H,26,31)(H,29,30). The van der Waals surface area contributed by atoms with Gasteiger partial charge in [0.25, 0.3) is 0 Å². The number of benzene rings is 2. The molecule has 7 nitrogen and oxygen atoms in total. The van der Waals surface area contributed by atoms with Gasteiger partial charge in [0.15, 0.2) is 0 Å². The fourth-order valence-corrected chi connectivity index (χ4v) is 4.56. The van der Waals surface area contributed by atoms with Gasteiger partial charge in [0.1, 0.15) is 18.7 Å². The van der Waals surface area contributed by atoms with E-state index in [1.165, 1.54) is 4.90 Å². The first kappa shape index (κ1) is 21.9. The number of unbranched alkanes of at least 4 members (excludes halogenated alkanes) is 1. The van der Waals surface area contributed by atoms with Crippen LogP contribution < -0.4 is 5.32 Å². The van der Waals surface area contributed by atoms with E-state index in [-0.39, 0.29) is 18.4 Å². The van der Waals surface area contributed by atoms with Gasteiger partial charge in [0.05, 0.1) is 0 Å². The maximum atomic E-state index is 12.9. The molecule has 2 aromatic rings. The molecule has 0 saturated carbocycles. The van der Waals surface area contributed by atoms with Crippen molar-refractivity contribution < 1.29 is 24.2 Å². The Hall–Kier alpha value is -3.35. The van der Waals surface area contributed by atoms with E-state index < -0.39 is 24.1 Å². The molecule has 2 N–H and O–H groups in total. The second kappa shape index (κ2) is 9.42. The first-order valence-corrected chi connectivity index (χ1v) is 11.2. The fraction of sp³-hybridized carbons (Fsp3) is 0.400. The monoisotopic (exact) mass is 436 g/mol. The molecule has 0 radical (unpaired) electrons. The van der Waals surface area contributed by atoms with Crippen LogP contribution in [0.4, 0.5) is 4.79 Å². The third kappa shape index (κ3) is 4.20. The zero-order valence-electron chi connectivity index (χ0n) is 18.1. The van der Waals surface area contributed by atoms with Gasteiger partial charge in [-0.3, -0.25) is 4.79 Å². The molecular weight excluding hydrogens is 408 g/mol. The summed E-state index contributed by atoms with van der Waals surface area (Å²) >= 11 is 0. The molecule has 0 aromatic heterocycles. The van der Waals surface area contributed by atoms with E-state index in [0.717, 1.165) is 35.1 Å². The average molecular weight is 437 g/mol. The first-order valence-electron chi connectivity index (χ1n) is 11.2. The average Bonchev–Trinajstić information content (AvgIpc) is 3.07. The number of aliphatic carboxylic acids is 1. The Morgan fingerprint density at radius 1 is 1.09 bits per heavy atom. The van der Waals surface area contributed by atoms with Crippen molar-refractivity contribution in [1.29, 1.82) is 0 Å². The molecule has 1 fully saturated rings. The van der Waals surface area contributed by atoms with Gasteiger partial charge in [-0.05, 0) is 35.1 Å². The molecule has 1 saturated heterocycles. The lowest BCUT2D eigenvalue weighted by atomic mass is 9.98. The van der Waals surface area contributed by atoms with E-state index in [0.29, 0.717) is 19.4 Å². The maximum Gasteiger partial charge on any atom is 0.407 e. The van der Waals surface area contributed by atoms with Crippen molar-refractivity contribution in [2.24, 2.45) is 0 Å². The molecule has 0 bridgehead atoms. The lowest BCUT2D eigenvalue weighted by molar-refractivity contribution is -0.158. The van der Waals surface area contributed by atoms with Crippen molar-refractivity contribution in [3.63, 3.8) is 0 Å². The number of hydrogen-bond donors (Lipinski definition) is 2. The Labute approximate surface area is 187 Å². The van der Waals surface area contributed by atoms with Crippen LogP contribution in [0.5, 0.6) is 0 Å². The number of nitrogens with one attached hydrogen (secondary N) is 1. The number of hydrogen-bond acceptors (Lipinski definition) is 4. The van der Waals surface area contributed by atoms with E-state index >= 15 is 0 Å². The molecule has 2 atom stereocenters. The summed E-state index contributed by atoms with van der Waals surface area (Å²) in [4.78, 5) is 38.1. The third-order valence-electron chi connectivity index (χ3n) is 6.37. The van der Waals surface area contributed by atoms with Gasteiger partial charge in [-0.15, -0.1) is 0 Å². The number of carboxylic acids is 1. The van der Waals surface area contributed by atoms with Crippen molar-refractivity contribution in [3.05, 3.63) is 59.7 Å². The number of carboxylic acid groups (broad SMARTS) is 1. The van der Waals surface area contributed by atoms with Gasteiger partial charge in [0.2, 0.25) is 5.91 Å². The smallest absolute Gasteiger partial charge is 0.407 e. The summed E-state index contributed by atoms with van der Waals surface area (Å²) in [5.74, 6) is -1.43. The normalized spacial score (nSPS) is 17.7. The highest BCUT2D eigenvalue weighted by Gasteiger charge is 2.40. The van der Waals surface area contributed by atoms with Crippen molar-refractivity contribution >= 4 is 18.0 Å². The summed E-state index contributed by atoms with van der Waals surface area (Å²) in [6, 6.07) is 14.6. The quantitative estimate of drug-likeness (QED) is 0.657. The number of ether oxygens (including phenoxy) is 1. The van der Waals surface area contributed by atoms with Gasteiger partial charge < -0.3 is 20.1 Å². The number of alkyl carbamates (subject to hydrolysis) is 1. The number of nitrogens with zero attached hydrogens (tertiary/aromatic N) is 1. The molecule has 2 amide bonds. The molecule has 0 spiro atoms. The zero-order chi connectivity index (χ0) is 22.7. The molecule has 7 heteroatoms. The largest absolute Gasteiger partial charge is 0.480 e. The maximum absolute atomic E-state index is 12.9. The molecule has 4 rings (SSSR count). The molecule has 168 valence electrons. The van der Waals surface area contributed by atoms with Crippen molar-refractivity contribution in [2.45, 2.75) is 50.6 Å². The molecule has 1 heterocycles. The highest BCUT2D eigenvalue weighted by molar-refractivity contribution is 5.90. The van der Waals surface area contributed by atoms with Crippen LogP contribution in [0.2, 0.25) is 0 Å². The molecule has 2 aromatic carbocycles. The Balaban J connectivity index is 1.42. The lowest BCUT2D eigenvalue weighted by Crippen LogP contribution is -2.60. The van der Waals surface area contributed by atoms with Crippen molar-refractivity contribution in [2.75, 3.05) is 13.2 Å². The minimum Gasteiger partial charge on any atom is -0.480 e. The SMILES string of the molecule is CCCCC(NC(=O)OCC1c2ccccc2-c2ccccc21)C(=O)N1CCC1C(=O)O. The van der Waals surface area contributed by atoms with Crippen LogP contribution in [-0.4, -0.2) is 53.2 Å². The number of carbonyl (C=O) groups excluding carboxylic acids is 2. The summed E-state index contributed by atoms with van der Waals surface area (Å²) in [5.41, 5.74) is 4.52. The van der Waals surface area contributed by atoms with Gasteiger partial charge >= 0.3 is 12.1 Å². The third-order valence-corrected chi connectivity index (χ3v) is 6.37.